The summed E-state index contributed by atoms with van der Waals surface area (Å²) in [4.78, 5) is 26.6. The number of carbonyl (C=O) groups is 2. The molecule has 0 aliphatic carbocycles. The molecule has 2 aliphatic rings. The number of aromatic nitrogens is 1. The SMILES string of the molecule is Cc1cccc(C(c2cn(CC3CCOCC3)c3ccc(C#N)cc23)C2C(=O)OC(C)(C)OC2=O)c1. The summed E-state index contributed by atoms with van der Waals surface area (Å²) >= 11 is 0. The quantitative estimate of drug-likeness (QED) is 0.379. The second-order valence-corrected chi connectivity index (χ2v) is 10.2. The molecule has 5 rings (SSSR count). The molecule has 0 amide bonds. The van der Waals surface area contributed by atoms with Crippen LogP contribution in [0.2, 0.25) is 0 Å². The summed E-state index contributed by atoms with van der Waals surface area (Å²) in [7, 11) is 0. The third-order valence-electron chi connectivity index (χ3n) is 7.11. The summed E-state index contributed by atoms with van der Waals surface area (Å²) in [5, 5.41) is 10.5. The molecule has 1 atom stereocenters. The number of benzene rings is 2. The van der Waals surface area contributed by atoms with E-state index in [1.807, 2.05) is 49.5 Å². The molecule has 36 heavy (non-hydrogen) atoms. The van der Waals surface area contributed by atoms with Crippen LogP contribution in [-0.4, -0.2) is 35.5 Å². The fourth-order valence-electron chi connectivity index (χ4n) is 5.42. The Bertz CT molecular complexity index is 1340. The number of nitrogens with zero attached hydrogens (tertiary/aromatic N) is 2. The Hall–Kier alpha value is -3.63. The van der Waals surface area contributed by atoms with Gasteiger partial charge in [0, 0.05) is 56.6 Å². The van der Waals surface area contributed by atoms with Crippen molar-refractivity contribution >= 4 is 22.8 Å². The maximum absolute atomic E-state index is 13.3. The first-order valence-corrected chi connectivity index (χ1v) is 12.4. The number of hydrogen-bond acceptors (Lipinski definition) is 6. The zero-order valence-corrected chi connectivity index (χ0v) is 20.8. The van der Waals surface area contributed by atoms with Gasteiger partial charge in [-0.25, -0.2) is 0 Å². The van der Waals surface area contributed by atoms with Gasteiger partial charge in [0.25, 0.3) is 5.79 Å². The van der Waals surface area contributed by atoms with Crippen LogP contribution in [-0.2, 0) is 30.3 Å². The highest BCUT2D eigenvalue weighted by molar-refractivity contribution is 5.99. The van der Waals surface area contributed by atoms with Crippen LogP contribution in [0.25, 0.3) is 10.9 Å². The minimum atomic E-state index is -1.31. The molecule has 1 aromatic heterocycles. The summed E-state index contributed by atoms with van der Waals surface area (Å²) in [6.07, 6.45) is 3.99. The van der Waals surface area contributed by atoms with Gasteiger partial charge in [0.2, 0.25) is 0 Å². The minimum Gasteiger partial charge on any atom is -0.422 e. The number of nitriles is 1. The van der Waals surface area contributed by atoms with Crippen molar-refractivity contribution in [3.05, 3.63) is 70.9 Å². The van der Waals surface area contributed by atoms with E-state index in [4.69, 9.17) is 14.2 Å². The highest BCUT2D eigenvalue weighted by Gasteiger charge is 2.48. The Morgan fingerprint density at radius 2 is 1.81 bits per heavy atom. The van der Waals surface area contributed by atoms with Crippen LogP contribution in [0.4, 0.5) is 0 Å². The van der Waals surface area contributed by atoms with Gasteiger partial charge < -0.3 is 18.8 Å². The van der Waals surface area contributed by atoms with Gasteiger partial charge in [-0.15, -0.1) is 0 Å². The van der Waals surface area contributed by atoms with Crippen molar-refractivity contribution in [2.45, 2.75) is 51.9 Å². The number of aryl methyl sites for hydroxylation is 1. The number of cyclic esters (lactones) is 2. The van der Waals surface area contributed by atoms with Gasteiger partial charge in [-0.05, 0) is 55.0 Å². The van der Waals surface area contributed by atoms with E-state index >= 15 is 0 Å². The number of esters is 2. The Morgan fingerprint density at radius 1 is 1.08 bits per heavy atom. The Kier molecular flexibility index (Phi) is 6.31. The van der Waals surface area contributed by atoms with E-state index in [-0.39, 0.29) is 0 Å². The van der Waals surface area contributed by atoms with Crippen molar-refractivity contribution in [2.24, 2.45) is 11.8 Å². The van der Waals surface area contributed by atoms with E-state index in [0.717, 1.165) is 60.2 Å². The summed E-state index contributed by atoms with van der Waals surface area (Å²) in [5.74, 6) is -3.86. The van der Waals surface area contributed by atoms with Crippen LogP contribution in [0.5, 0.6) is 0 Å². The normalized spacial score (nSPS) is 19.5. The average Bonchev–Trinajstić information content (AvgIpc) is 3.18. The van der Waals surface area contributed by atoms with Gasteiger partial charge in [0.15, 0.2) is 5.92 Å². The van der Waals surface area contributed by atoms with Crippen molar-refractivity contribution in [3.8, 4) is 6.07 Å². The molecular formula is C29H30N2O5. The number of hydrogen-bond donors (Lipinski definition) is 0. The van der Waals surface area contributed by atoms with Gasteiger partial charge in [-0.1, -0.05) is 29.8 Å². The van der Waals surface area contributed by atoms with E-state index in [1.165, 1.54) is 0 Å². The lowest BCUT2D eigenvalue weighted by Crippen LogP contribution is -2.48. The molecule has 0 radical (unpaired) electrons. The number of fused-ring (bicyclic) bond motifs is 1. The topological polar surface area (TPSA) is 90.6 Å². The predicted molar refractivity (Wildman–Crippen MR) is 133 cm³/mol. The third kappa shape index (κ3) is 4.61. The molecule has 3 heterocycles. The van der Waals surface area contributed by atoms with Crippen LogP contribution in [0.15, 0.2) is 48.7 Å². The zero-order chi connectivity index (χ0) is 25.4. The summed E-state index contributed by atoms with van der Waals surface area (Å²) in [5.41, 5.74) is 4.12. The van der Waals surface area contributed by atoms with Gasteiger partial charge in [0.05, 0.1) is 11.6 Å². The zero-order valence-electron chi connectivity index (χ0n) is 20.8. The molecule has 0 saturated carbocycles. The third-order valence-corrected chi connectivity index (χ3v) is 7.11. The molecule has 2 fully saturated rings. The standard InChI is InChI=1S/C29H30N2O5/c1-18-5-4-6-21(13-18)25(26-27(32)35-29(2,3)36-28(26)33)23-17-31(16-19-9-11-34-12-10-19)24-8-7-20(15-30)14-22(23)24/h4-8,13-14,17,19,25-26H,9-12,16H2,1-3H3. The van der Waals surface area contributed by atoms with E-state index < -0.39 is 29.6 Å². The summed E-state index contributed by atoms with van der Waals surface area (Å²) < 4.78 is 18.8. The van der Waals surface area contributed by atoms with Crippen molar-refractivity contribution in [1.29, 1.82) is 5.26 Å². The molecule has 2 aliphatic heterocycles. The fourth-order valence-corrected chi connectivity index (χ4v) is 5.42. The fraction of sp³-hybridized carbons (Fsp3) is 0.414. The van der Waals surface area contributed by atoms with Crippen LogP contribution in [0, 0.1) is 30.1 Å². The van der Waals surface area contributed by atoms with E-state index in [1.54, 1.807) is 19.9 Å². The molecule has 0 N–H and O–H groups in total. The second-order valence-electron chi connectivity index (χ2n) is 10.2. The molecule has 0 spiro atoms. The summed E-state index contributed by atoms with van der Waals surface area (Å²) in [6, 6.07) is 15.6. The molecule has 2 aromatic carbocycles. The largest absolute Gasteiger partial charge is 0.422 e. The first kappa shape index (κ1) is 24.1. The smallest absolute Gasteiger partial charge is 0.324 e. The van der Waals surface area contributed by atoms with Gasteiger partial charge in [0.1, 0.15) is 0 Å². The Labute approximate surface area is 210 Å². The predicted octanol–water partition coefficient (Wildman–Crippen LogP) is 4.83. The minimum absolute atomic E-state index is 0.459. The second kappa shape index (κ2) is 9.44. The molecular weight excluding hydrogens is 456 g/mol. The van der Waals surface area contributed by atoms with Crippen molar-refractivity contribution in [1.82, 2.24) is 4.57 Å². The number of carbonyl (C=O) groups excluding carboxylic acids is 2. The van der Waals surface area contributed by atoms with E-state index in [0.29, 0.717) is 11.5 Å². The first-order valence-electron chi connectivity index (χ1n) is 12.4. The lowest BCUT2D eigenvalue weighted by atomic mass is 9.79. The van der Waals surface area contributed by atoms with Crippen LogP contribution < -0.4 is 0 Å². The highest BCUT2D eigenvalue weighted by atomic mass is 16.7. The summed E-state index contributed by atoms with van der Waals surface area (Å²) in [6.45, 7) is 7.37. The monoisotopic (exact) mass is 486 g/mol. The molecule has 3 aromatic rings. The molecule has 2 saturated heterocycles. The van der Waals surface area contributed by atoms with Gasteiger partial charge >= 0.3 is 11.9 Å². The average molecular weight is 487 g/mol. The van der Waals surface area contributed by atoms with Gasteiger partial charge in [-0.3, -0.25) is 9.59 Å². The molecule has 1 unspecified atom stereocenters. The molecule has 186 valence electrons. The highest BCUT2D eigenvalue weighted by Crippen LogP contribution is 2.42. The van der Waals surface area contributed by atoms with Crippen LogP contribution in [0.1, 0.15) is 54.9 Å². The first-order chi connectivity index (χ1) is 17.3. The number of rotatable bonds is 5. The number of ether oxygens (including phenoxy) is 3. The Balaban J connectivity index is 1.69. The molecule has 7 heteroatoms. The Morgan fingerprint density at radius 3 is 2.47 bits per heavy atom. The van der Waals surface area contributed by atoms with Crippen LogP contribution >= 0.6 is 0 Å². The lowest BCUT2D eigenvalue weighted by Gasteiger charge is -2.36. The van der Waals surface area contributed by atoms with Crippen molar-refractivity contribution in [3.63, 3.8) is 0 Å². The van der Waals surface area contributed by atoms with Crippen molar-refractivity contribution < 1.29 is 23.8 Å². The van der Waals surface area contributed by atoms with Crippen molar-refractivity contribution in [2.75, 3.05) is 13.2 Å². The van der Waals surface area contributed by atoms with E-state index in [9.17, 15) is 14.9 Å². The lowest BCUT2D eigenvalue weighted by molar-refractivity contribution is -0.240. The molecule has 0 bridgehead atoms. The van der Waals surface area contributed by atoms with Crippen LogP contribution in [0.3, 0.4) is 0 Å². The maximum atomic E-state index is 13.3. The molecule has 7 nitrogen and oxygen atoms in total. The maximum Gasteiger partial charge on any atom is 0.324 e. The van der Waals surface area contributed by atoms with Gasteiger partial charge in [-0.2, -0.15) is 5.26 Å². The van der Waals surface area contributed by atoms with E-state index in [2.05, 4.69) is 10.6 Å².